The predicted molar refractivity (Wildman–Crippen MR) is 76.6 cm³/mol. The fourth-order valence-electron chi connectivity index (χ4n) is 1.90. The maximum absolute atomic E-state index is 12.1. The molecule has 0 aliphatic heterocycles. The van der Waals surface area contributed by atoms with Gasteiger partial charge >= 0.3 is 0 Å². The number of carbonyl (C=O) groups excluding carboxylic acids is 1. The van der Waals surface area contributed by atoms with Gasteiger partial charge in [0.15, 0.2) is 0 Å². The van der Waals surface area contributed by atoms with Gasteiger partial charge in [0.2, 0.25) is 0 Å². The van der Waals surface area contributed by atoms with Crippen LogP contribution in [0.1, 0.15) is 28.4 Å². The summed E-state index contributed by atoms with van der Waals surface area (Å²) >= 11 is 0. The van der Waals surface area contributed by atoms with Crippen LogP contribution in [0.25, 0.3) is 0 Å². The molecule has 0 aliphatic carbocycles. The third-order valence-electron chi connectivity index (χ3n) is 3.12. The zero-order chi connectivity index (χ0) is 13.8. The monoisotopic (exact) mass is 255 g/mol. The van der Waals surface area contributed by atoms with Gasteiger partial charge in [0.25, 0.3) is 5.91 Å². The van der Waals surface area contributed by atoms with Crippen LogP contribution in [0.3, 0.4) is 0 Å². The minimum Gasteiger partial charge on any atom is -0.508 e. The highest BCUT2D eigenvalue weighted by Gasteiger charge is 2.09. The fraction of sp³-hybridized carbons (Fsp3) is 0.188. The van der Waals surface area contributed by atoms with Gasteiger partial charge in [-0.15, -0.1) is 0 Å². The summed E-state index contributed by atoms with van der Waals surface area (Å²) in [7, 11) is 0. The lowest BCUT2D eigenvalue weighted by Gasteiger charge is -2.10. The number of carbonyl (C=O) groups is 1. The second-order valence-electron chi connectivity index (χ2n) is 4.47. The van der Waals surface area contributed by atoms with Crippen molar-refractivity contribution in [2.45, 2.75) is 20.3 Å². The molecular formula is C16H17NO2. The van der Waals surface area contributed by atoms with Crippen molar-refractivity contribution in [1.29, 1.82) is 0 Å². The molecule has 0 unspecified atom stereocenters. The molecule has 98 valence electrons. The number of anilines is 1. The van der Waals surface area contributed by atoms with E-state index in [0.29, 0.717) is 5.56 Å². The van der Waals surface area contributed by atoms with Gasteiger partial charge < -0.3 is 10.4 Å². The largest absolute Gasteiger partial charge is 0.508 e. The Morgan fingerprint density at radius 1 is 1.21 bits per heavy atom. The Morgan fingerprint density at radius 2 is 1.95 bits per heavy atom. The molecule has 0 fully saturated rings. The van der Waals surface area contributed by atoms with Crippen molar-refractivity contribution in [3.8, 4) is 5.75 Å². The number of aryl methyl sites for hydroxylation is 2. The van der Waals surface area contributed by atoms with Crippen LogP contribution in [0.2, 0.25) is 0 Å². The van der Waals surface area contributed by atoms with Crippen molar-refractivity contribution in [3.05, 3.63) is 59.2 Å². The van der Waals surface area contributed by atoms with E-state index in [1.807, 2.05) is 31.2 Å². The number of phenolic OH excluding ortho intramolecular Hbond substituents is 1. The van der Waals surface area contributed by atoms with Crippen LogP contribution in [-0.4, -0.2) is 11.0 Å². The lowest BCUT2D eigenvalue weighted by Crippen LogP contribution is -2.13. The molecule has 3 heteroatoms. The van der Waals surface area contributed by atoms with Crippen molar-refractivity contribution in [2.75, 3.05) is 5.32 Å². The lowest BCUT2D eigenvalue weighted by molar-refractivity contribution is 0.102. The van der Waals surface area contributed by atoms with Gasteiger partial charge in [0.05, 0.1) is 0 Å². The zero-order valence-corrected chi connectivity index (χ0v) is 11.1. The van der Waals surface area contributed by atoms with Gasteiger partial charge in [-0.25, -0.2) is 0 Å². The second-order valence-corrected chi connectivity index (χ2v) is 4.47. The minimum atomic E-state index is -0.212. The molecule has 0 spiro atoms. The highest BCUT2D eigenvalue weighted by Crippen LogP contribution is 2.20. The van der Waals surface area contributed by atoms with Gasteiger partial charge in [0.1, 0.15) is 5.75 Å². The molecule has 0 saturated carbocycles. The predicted octanol–water partition coefficient (Wildman–Crippen LogP) is 3.52. The number of hydrogen-bond acceptors (Lipinski definition) is 2. The molecular weight excluding hydrogens is 238 g/mol. The van der Waals surface area contributed by atoms with E-state index in [1.54, 1.807) is 19.1 Å². The lowest BCUT2D eigenvalue weighted by atomic mass is 10.1. The van der Waals surface area contributed by atoms with E-state index < -0.39 is 0 Å². The Hall–Kier alpha value is -2.29. The van der Waals surface area contributed by atoms with Crippen molar-refractivity contribution < 1.29 is 9.90 Å². The van der Waals surface area contributed by atoms with Crippen molar-refractivity contribution in [2.24, 2.45) is 0 Å². The Bertz CT molecular complexity index is 605. The van der Waals surface area contributed by atoms with Gasteiger partial charge in [-0.3, -0.25) is 4.79 Å². The Morgan fingerprint density at radius 3 is 2.63 bits per heavy atom. The molecule has 0 aromatic heterocycles. The van der Waals surface area contributed by atoms with Gasteiger partial charge in [-0.1, -0.05) is 31.2 Å². The highest BCUT2D eigenvalue weighted by atomic mass is 16.3. The molecule has 0 saturated heterocycles. The first kappa shape index (κ1) is 13.1. The molecule has 2 aromatic carbocycles. The van der Waals surface area contributed by atoms with Crippen molar-refractivity contribution in [3.63, 3.8) is 0 Å². The van der Waals surface area contributed by atoms with E-state index in [0.717, 1.165) is 23.2 Å². The second kappa shape index (κ2) is 5.57. The molecule has 0 atom stereocenters. The molecule has 2 rings (SSSR count). The van der Waals surface area contributed by atoms with Crippen LogP contribution in [0.15, 0.2) is 42.5 Å². The van der Waals surface area contributed by atoms with Crippen LogP contribution in [-0.2, 0) is 6.42 Å². The SMILES string of the molecule is CCc1ccccc1NC(=O)c1ccc(C)c(O)c1. The maximum atomic E-state index is 12.1. The number of aromatic hydroxyl groups is 1. The first-order valence-electron chi connectivity index (χ1n) is 6.30. The minimum absolute atomic E-state index is 0.136. The average Bonchev–Trinajstić information content (AvgIpc) is 2.42. The summed E-state index contributed by atoms with van der Waals surface area (Å²) in [4.78, 5) is 12.1. The highest BCUT2D eigenvalue weighted by molar-refractivity contribution is 6.04. The quantitative estimate of drug-likeness (QED) is 0.881. The molecule has 0 heterocycles. The summed E-state index contributed by atoms with van der Waals surface area (Å²) < 4.78 is 0. The van der Waals surface area contributed by atoms with Crippen LogP contribution < -0.4 is 5.32 Å². The van der Waals surface area contributed by atoms with E-state index in [9.17, 15) is 9.90 Å². The van der Waals surface area contributed by atoms with E-state index in [4.69, 9.17) is 0 Å². The van der Waals surface area contributed by atoms with E-state index >= 15 is 0 Å². The summed E-state index contributed by atoms with van der Waals surface area (Å²) in [5.74, 6) is -0.0763. The normalized spacial score (nSPS) is 10.2. The first-order valence-corrected chi connectivity index (χ1v) is 6.30. The van der Waals surface area contributed by atoms with Crippen molar-refractivity contribution >= 4 is 11.6 Å². The average molecular weight is 255 g/mol. The molecule has 2 N–H and O–H groups in total. The molecule has 3 nitrogen and oxygen atoms in total. The molecule has 1 amide bonds. The summed E-state index contributed by atoms with van der Waals surface area (Å²) in [6.45, 7) is 3.84. The number of hydrogen-bond donors (Lipinski definition) is 2. The summed E-state index contributed by atoms with van der Waals surface area (Å²) in [5, 5.41) is 12.5. The number of benzene rings is 2. The Balaban J connectivity index is 2.23. The first-order chi connectivity index (χ1) is 9.11. The van der Waals surface area contributed by atoms with E-state index in [2.05, 4.69) is 5.32 Å². The maximum Gasteiger partial charge on any atom is 0.255 e. The van der Waals surface area contributed by atoms with E-state index in [1.165, 1.54) is 6.07 Å². The smallest absolute Gasteiger partial charge is 0.255 e. The third-order valence-corrected chi connectivity index (χ3v) is 3.12. The zero-order valence-electron chi connectivity index (χ0n) is 11.1. The Kier molecular flexibility index (Phi) is 3.85. The van der Waals surface area contributed by atoms with Crippen LogP contribution in [0, 0.1) is 6.92 Å². The molecule has 19 heavy (non-hydrogen) atoms. The Labute approximate surface area is 112 Å². The van der Waals surface area contributed by atoms with Crippen LogP contribution >= 0.6 is 0 Å². The number of amides is 1. The van der Waals surface area contributed by atoms with Gasteiger partial charge in [0, 0.05) is 11.3 Å². The molecule has 0 aliphatic rings. The number of nitrogens with one attached hydrogen (secondary N) is 1. The van der Waals surface area contributed by atoms with Crippen LogP contribution in [0.5, 0.6) is 5.75 Å². The number of para-hydroxylation sites is 1. The van der Waals surface area contributed by atoms with Crippen molar-refractivity contribution in [1.82, 2.24) is 0 Å². The number of rotatable bonds is 3. The standard InChI is InChI=1S/C16H17NO2/c1-3-12-6-4-5-7-14(12)17-16(19)13-9-8-11(2)15(18)10-13/h4-10,18H,3H2,1-2H3,(H,17,19). The fourth-order valence-corrected chi connectivity index (χ4v) is 1.90. The molecule has 0 bridgehead atoms. The topological polar surface area (TPSA) is 49.3 Å². The summed E-state index contributed by atoms with van der Waals surface area (Å²) in [6.07, 6.45) is 0.857. The third kappa shape index (κ3) is 2.94. The van der Waals surface area contributed by atoms with Gasteiger partial charge in [-0.2, -0.15) is 0 Å². The van der Waals surface area contributed by atoms with E-state index in [-0.39, 0.29) is 11.7 Å². The van der Waals surface area contributed by atoms with Crippen LogP contribution in [0.4, 0.5) is 5.69 Å². The summed E-state index contributed by atoms with van der Waals surface area (Å²) in [6, 6.07) is 12.6. The van der Waals surface area contributed by atoms with Gasteiger partial charge in [-0.05, 0) is 42.7 Å². The number of phenols is 1. The molecule has 0 radical (unpaired) electrons. The summed E-state index contributed by atoms with van der Waals surface area (Å²) in [5.41, 5.74) is 3.11. The molecule has 2 aromatic rings.